The van der Waals surface area contributed by atoms with Crippen molar-refractivity contribution in [3.8, 4) is 0 Å². The largest absolute Gasteiger partial charge is 0.461 e. The van der Waals surface area contributed by atoms with Crippen LogP contribution in [0.4, 0.5) is 0 Å². The molecule has 0 aromatic rings. The third-order valence-corrected chi connectivity index (χ3v) is 5.16. The average molecular weight is 262 g/mol. The molecule has 3 rings (SSSR count). The molecule has 3 aliphatic rings. The molecule has 4 nitrogen and oxygen atoms in total. The molecule has 0 spiro atoms. The van der Waals surface area contributed by atoms with Gasteiger partial charge in [0.15, 0.2) is 0 Å². The van der Waals surface area contributed by atoms with Gasteiger partial charge < -0.3 is 4.74 Å². The zero-order valence-electron chi connectivity index (χ0n) is 11.2. The Labute approximate surface area is 112 Å². The summed E-state index contributed by atoms with van der Waals surface area (Å²) in [5.41, 5.74) is 0.838. The molecular weight excluding hydrogens is 244 g/mol. The van der Waals surface area contributed by atoms with Crippen LogP contribution in [-0.2, 0) is 19.1 Å². The summed E-state index contributed by atoms with van der Waals surface area (Å²) in [7, 11) is 0. The molecule has 1 heterocycles. The van der Waals surface area contributed by atoms with Crippen LogP contribution in [0.1, 0.15) is 26.7 Å². The molecule has 1 saturated heterocycles. The van der Waals surface area contributed by atoms with Gasteiger partial charge in [-0.3, -0.25) is 14.4 Å². The first-order valence-corrected chi connectivity index (χ1v) is 6.85. The number of rotatable bonds is 0. The van der Waals surface area contributed by atoms with Crippen LogP contribution in [0.3, 0.4) is 0 Å². The first-order chi connectivity index (χ1) is 8.91. The fourth-order valence-corrected chi connectivity index (χ4v) is 4.03. The third-order valence-electron chi connectivity index (χ3n) is 5.16. The van der Waals surface area contributed by atoms with E-state index in [4.69, 9.17) is 4.74 Å². The fraction of sp³-hybridized carbons (Fsp3) is 0.667. The molecule has 2 saturated carbocycles. The van der Waals surface area contributed by atoms with Gasteiger partial charge in [0.05, 0.1) is 11.8 Å². The van der Waals surface area contributed by atoms with E-state index >= 15 is 0 Å². The molecule has 0 bridgehead atoms. The van der Waals surface area contributed by atoms with Gasteiger partial charge in [0.1, 0.15) is 17.7 Å². The minimum absolute atomic E-state index is 0.000417. The van der Waals surface area contributed by atoms with Crippen LogP contribution in [0.15, 0.2) is 12.2 Å². The monoisotopic (exact) mass is 262 g/mol. The van der Waals surface area contributed by atoms with Gasteiger partial charge in [-0.05, 0) is 5.92 Å². The maximum absolute atomic E-state index is 12.3. The smallest absolute Gasteiger partial charge is 0.309 e. The first-order valence-electron chi connectivity index (χ1n) is 6.85. The standard InChI is InChI=1S/C15H18O4/c1-6-4-11(17)13-8(3)15(18)19-14(13)12-7(2)10(16)5-9(6)12/h7-9,12-14H,1,4-5H2,2-3H3/t7-,8+,9+,12+,13-,14-/m1/s1. The second kappa shape index (κ2) is 4.02. The molecule has 0 N–H and O–H groups in total. The van der Waals surface area contributed by atoms with Crippen LogP contribution < -0.4 is 0 Å². The number of hydrogen-bond donors (Lipinski definition) is 0. The molecule has 1 aliphatic heterocycles. The highest BCUT2D eigenvalue weighted by Gasteiger charge is 2.57. The van der Waals surface area contributed by atoms with E-state index in [2.05, 4.69) is 6.58 Å². The molecule has 0 aromatic heterocycles. The number of carbonyl (C=O) groups is 3. The number of fused-ring (bicyclic) bond motifs is 3. The van der Waals surface area contributed by atoms with Crippen LogP contribution in [0, 0.1) is 29.6 Å². The summed E-state index contributed by atoms with van der Waals surface area (Å²) in [6, 6.07) is 0. The Balaban J connectivity index is 2.05. The van der Waals surface area contributed by atoms with Crippen molar-refractivity contribution in [3.63, 3.8) is 0 Å². The van der Waals surface area contributed by atoms with Gasteiger partial charge in [-0.2, -0.15) is 0 Å². The summed E-state index contributed by atoms with van der Waals surface area (Å²) in [6.45, 7) is 7.62. The van der Waals surface area contributed by atoms with E-state index in [-0.39, 0.29) is 41.7 Å². The molecule has 2 aliphatic carbocycles. The highest BCUT2D eigenvalue weighted by atomic mass is 16.6. The number of carbonyl (C=O) groups excluding carboxylic acids is 3. The van der Waals surface area contributed by atoms with Gasteiger partial charge in [0.25, 0.3) is 0 Å². The van der Waals surface area contributed by atoms with Crippen molar-refractivity contribution in [2.45, 2.75) is 32.8 Å². The second-order valence-electron chi connectivity index (χ2n) is 6.16. The summed E-state index contributed by atoms with van der Waals surface area (Å²) in [4.78, 5) is 36.0. The molecule has 0 unspecified atom stereocenters. The molecule has 3 fully saturated rings. The lowest BCUT2D eigenvalue weighted by Gasteiger charge is -2.27. The van der Waals surface area contributed by atoms with Crippen LogP contribution in [-0.4, -0.2) is 23.6 Å². The van der Waals surface area contributed by atoms with Gasteiger partial charge in [-0.1, -0.05) is 26.0 Å². The van der Waals surface area contributed by atoms with E-state index in [0.717, 1.165) is 5.57 Å². The van der Waals surface area contributed by atoms with Crippen LogP contribution in [0.5, 0.6) is 0 Å². The van der Waals surface area contributed by atoms with Gasteiger partial charge in [0, 0.05) is 24.7 Å². The van der Waals surface area contributed by atoms with E-state index in [1.54, 1.807) is 6.92 Å². The van der Waals surface area contributed by atoms with E-state index in [1.165, 1.54) is 0 Å². The third kappa shape index (κ3) is 1.62. The van der Waals surface area contributed by atoms with Crippen molar-refractivity contribution in [1.82, 2.24) is 0 Å². The van der Waals surface area contributed by atoms with Crippen molar-refractivity contribution >= 4 is 17.5 Å². The lowest BCUT2D eigenvalue weighted by atomic mass is 9.78. The molecule has 0 aromatic carbocycles. The predicted octanol–water partition coefficient (Wildman–Crippen LogP) is 1.53. The maximum atomic E-state index is 12.3. The SMILES string of the molecule is C=C1CC(=O)[C@@H]2[C@H](OC(=O)[C@H]2C)[C@H]2[C@H](C)C(=O)C[C@@H]12. The second-order valence-corrected chi connectivity index (χ2v) is 6.16. The predicted molar refractivity (Wildman–Crippen MR) is 67.1 cm³/mol. The van der Waals surface area contributed by atoms with Crippen molar-refractivity contribution in [2.75, 3.05) is 0 Å². The Morgan fingerprint density at radius 2 is 1.79 bits per heavy atom. The van der Waals surface area contributed by atoms with Gasteiger partial charge in [-0.25, -0.2) is 0 Å². The van der Waals surface area contributed by atoms with E-state index in [9.17, 15) is 14.4 Å². The molecule has 19 heavy (non-hydrogen) atoms. The first kappa shape index (κ1) is 12.6. The Kier molecular flexibility index (Phi) is 2.66. The van der Waals surface area contributed by atoms with Gasteiger partial charge >= 0.3 is 5.97 Å². The molecule has 0 radical (unpaired) electrons. The average Bonchev–Trinajstić information content (AvgIpc) is 2.75. The fourth-order valence-electron chi connectivity index (χ4n) is 4.03. The Hall–Kier alpha value is -1.45. The summed E-state index contributed by atoms with van der Waals surface area (Å²) in [6.07, 6.45) is 0.289. The maximum Gasteiger partial charge on any atom is 0.309 e. The number of esters is 1. The van der Waals surface area contributed by atoms with Crippen molar-refractivity contribution < 1.29 is 19.1 Å². The molecule has 102 valence electrons. The number of ether oxygens (including phenoxy) is 1. The number of hydrogen-bond acceptors (Lipinski definition) is 4. The summed E-state index contributed by atoms with van der Waals surface area (Å²) in [5, 5.41) is 0. The van der Waals surface area contributed by atoms with E-state index in [1.807, 2.05) is 6.92 Å². The van der Waals surface area contributed by atoms with Crippen molar-refractivity contribution in [3.05, 3.63) is 12.2 Å². The number of allylic oxidation sites excluding steroid dienone is 1. The topological polar surface area (TPSA) is 60.4 Å². The quantitative estimate of drug-likeness (QED) is 0.490. The molecule has 4 heteroatoms. The minimum Gasteiger partial charge on any atom is -0.461 e. The zero-order chi connectivity index (χ0) is 13.9. The van der Waals surface area contributed by atoms with Crippen molar-refractivity contribution in [1.29, 1.82) is 0 Å². The highest BCUT2D eigenvalue weighted by Crippen LogP contribution is 2.50. The van der Waals surface area contributed by atoms with Gasteiger partial charge in [0.2, 0.25) is 0 Å². The zero-order valence-corrected chi connectivity index (χ0v) is 11.2. The van der Waals surface area contributed by atoms with Gasteiger partial charge in [-0.15, -0.1) is 0 Å². The minimum atomic E-state index is -0.430. The summed E-state index contributed by atoms with van der Waals surface area (Å²) >= 11 is 0. The normalized spacial score (nSPS) is 45.8. The number of Topliss-reactive ketones (excluding diaryl/α,β-unsaturated/α-hetero) is 2. The highest BCUT2D eigenvalue weighted by molar-refractivity contribution is 5.93. The molecule has 0 amide bonds. The van der Waals surface area contributed by atoms with E-state index in [0.29, 0.717) is 6.42 Å². The van der Waals surface area contributed by atoms with Crippen molar-refractivity contribution in [2.24, 2.45) is 29.6 Å². The Morgan fingerprint density at radius 1 is 1.11 bits per heavy atom. The van der Waals surface area contributed by atoms with Crippen LogP contribution >= 0.6 is 0 Å². The molecular formula is C15H18O4. The lowest BCUT2D eigenvalue weighted by Crippen LogP contribution is -2.35. The Morgan fingerprint density at radius 3 is 2.47 bits per heavy atom. The summed E-state index contributed by atoms with van der Waals surface area (Å²) in [5.74, 6) is -1.08. The van der Waals surface area contributed by atoms with Crippen LogP contribution in [0.2, 0.25) is 0 Å². The Bertz CT molecular complexity index is 492. The van der Waals surface area contributed by atoms with E-state index < -0.39 is 17.9 Å². The molecule has 6 atom stereocenters. The number of ketones is 2. The lowest BCUT2D eigenvalue weighted by molar-refractivity contribution is -0.147. The van der Waals surface area contributed by atoms with Crippen LogP contribution in [0.25, 0.3) is 0 Å². The summed E-state index contributed by atoms with van der Waals surface area (Å²) < 4.78 is 5.46.